The molecule has 0 aliphatic rings. The van der Waals surface area contributed by atoms with Gasteiger partial charge in [-0.2, -0.15) is 0 Å². The van der Waals surface area contributed by atoms with Gasteiger partial charge in [0, 0.05) is 16.9 Å². The molecule has 0 spiro atoms. The van der Waals surface area contributed by atoms with Gasteiger partial charge >= 0.3 is 0 Å². The van der Waals surface area contributed by atoms with Crippen LogP contribution in [0.2, 0.25) is 0 Å². The molecule has 0 atom stereocenters. The number of benzene rings is 2. The number of nitrogens with one attached hydrogen (secondary N) is 1. The largest absolute Gasteiger partial charge is 0.399 e. The molecule has 104 valence electrons. The monoisotopic (exact) mass is 280 g/mol. The summed E-state index contributed by atoms with van der Waals surface area (Å²) in [4.78, 5) is 11.9. The van der Waals surface area contributed by atoms with Crippen LogP contribution < -0.4 is 11.1 Å². The Morgan fingerprint density at radius 2 is 1.70 bits per heavy atom. The van der Waals surface area contributed by atoms with E-state index in [2.05, 4.69) is 5.32 Å². The van der Waals surface area contributed by atoms with Gasteiger partial charge in [-0.3, -0.25) is 4.79 Å². The van der Waals surface area contributed by atoms with E-state index in [0.29, 0.717) is 23.5 Å². The fraction of sp³-hybridized carbons (Fsp3) is 0.0714. The zero-order valence-corrected chi connectivity index (χ0v) is 10.5. The van der Waals surface area contributed by atoms with Gasteiger partial charge in [-0.05, 0) is 36.8 Å². The summed E-state index contributed by atoms with van der Waals surface area (Å²) in [7, 11) is 0. The number of carbonyl (C=O) groups is 1. The fourth-order valence-corrected chi connectivity index (χ4v) is 1.66. The predicted octanol–water partition coefficient (Wildman–Crippen LogP) is 3.25. The molecule has 0 aliphatic carbocycles. The van der Waals surface area contributed by atoms with E-state index < -0.39 is 23.4 Å². The molecule has 0 fully saturated rings. The summed E-state index contributed by atoms with van der Waals surface area (Å²) < 4.78 is 39.0. The molecule has 2 rings (SSSR count). The first-order chi connectivity index (χ1) is 9.38. The topological polar surface area (TPSA) is 55.1 Å². The Bertz CT molecular complexity index is 663. The van der Waals surface area contributed by atoms with Crippen LogP contribution in [0.1, 0.15) is 15.9 Å². The van der Waals surface area contributed by atoms with Gasteiger partial charge in [0.2, 0.25) is 0 Å². The van der Waals surface area contributed by atoms with Crippen LogP contribution in [-0.4, -0.2) is 5.91 Å². The van der Waals surface area contributed by atoms with E-state index in [1.54, 1.807) is 19.1 Å². The average molecular weight is 280 g/mol. The number of anilines is 2. The van der Waals surface area contributed by atoms with Crippen molar-refractivity contribution >= 4 is 17.3 Å². The van der Waals surface area contributed by atoms with Crippen LogP contribution in [-0.2, 0) is 0 Å². The molecule has 2 aromatic carbocycles. The van der Waals surface area contributed by atoms with Crippen LogP contribution >= 0.6 is 0 Å². The zero-order chi connectivity index (χ0) is 14.9. The molecule has 0 saturated heterocycles. The molecular formula is C14H11F3N2O. The first-order valence-electron chi connectivity index (χ1n) is 5.70. The molecule has 0 unspecified atom stereocenters. The quantitative estimate of drug-likeness (QED) is 0.655. The predicted molar refractivity (Wildman–Crippen MR) is 69.9 cm³/mol. The first-order valence-corrected chi connectivity index (χ1v) is 5.70. The van der Waals surface area contributed by atoms with Crippen molar-refractivity contribution < 1.29 is 18.0 Å². The Hall–Kier alpha value is -2.50. The van der Waals surface area contributed by atoms with Crippen LogP contribution in [0.3, 0.4) is 0 Å². The fourth-order valence-electron chi connectivity index (χ4n) is 1.66. The smallest absolute Gasteiger partial charge is 0.255 e. The van der Waals surface area contributed by atoms with Crippen molar-refractivity contribution in [3.8, 4) is 0 Å². The maximum Gasteiger partial charge on any atom is 0.255 e. The SMILES string of the molecule is Cc1ccc(N)cc1NC(=O)c1cc(F)c(F)c(F)c1. The summed E-state index contributed by atoms with van der Waals surface area (Å²) in [6.07, 6.45) is 0. The van der Waals surface area contributed by atoms with Crippen molar-refractivity contribution in [3.05, 3.63) is 58.9 Å². The number of nitrogen functional groups attached to an aromatic ring is 1. The molecule has 0 saturated carbocycles. The second-order valence-electron chi connectivity index (χ2n) is 4.28. The number of rotatable bonds is 2. The number of hydrogen-bond acceptors (Lipinski definition) is 2. The number of halogens is 3. The molecule has 1 amide bonds. The molecule has 20 heavy (non-hydrogen) atoms. The first kappa shape index (κ1) is 13.9. The molecule has 3 nitrogen and oxygen atoms in total. The number of amides is 1. The molecule has 3 N–H and O–H groups in total. The summed E-state index contributed by atoms with van der Waals surface area (Å²) in [6.45, 7) is 1.74. The Morgan fingerprint density at radius 1 is 1.10 bits per heavy atom. The van der Waals surface area contributed by atoms with Crippen molar-refractivity contribution in [2.45, 2.75) is 6.92 Å². The van der Waals surface area contributed by atoms with Crippen molar-refractivity contribution in [1.82, 2.24) is 0 Å². The Labute approximate surface area is 113 Å². The highest BCUT2D eigenvalue weighted by atomic mass is 19.2. The highest BCUT2D eigenvalue weighted by Gasteiger charge is 2.15. The summed E-state index contributed by atoms with van der Waals surface area (Å²) in [5, 5.41) is 2.47. The normalized spacial score (nSPS) is 10.4. The summed E-state index contributed by atoms with van der Waals surface area (Å²) in [5.74, 6) is -5.20. The van der Waals surface area contributed by atoms with Gasteiger partial charge in [0.15, 0.2) is 17.5 Å². The Kier molecular flexibility index (Phi) is 3.65. The standard InChI is InChI=1S/C14H11F3N2O/c1-7-2-3-9(18)6-12(7)19-14(20)8-4-10(15)13(17)11(16)5-8/h2-6H,18H2,1H3,(H,19,20). The third-order valence-electron chi connectivity index (χ3n) is 2.76. The van der Waals surface area contributed by atoms with Gasteiger partial charge in [0.05, 0.1) is 0 Å². The van der Waals surface area contributed by atoms with Crippen molar-refractivity contribution in [3.63, 3.8) is 0 Å². The minimum absolute atomic E-state index is 0.316. The Morgan fingerprint density at radius 3 is 2.30 bits per heavy atom. The van der Waals surface area contributed by atoms with Crippen LogP contribution in [0, 0.1) is 24.4 Å². The van der Waals surface area contributed by atoms with E-state index in [0.717, 1.165) is 5.56 Å². The zero-order valence-electron chi connectivity index (χ0n) is 10.5. The van der Waals surface area contributed by atoms with E-state index in [1.165, 1.54) is 6.07 Å². The number of hydrogen-bond donors (Lipinski definition) is 2. The Balaban J connectivity index is 2.31. The second-order valence-corrected chi connectivity index (χ2v) is 4.28. The molecule has 0 bridgehead atoms. The van der Waals surface area contributed by atoms with Crippen molar-refractivity contribution in [2.75, 3.05) is 11.1 Å². The number of carbonyl (C=O) groups excluding carboxylic acids is 1. The lowest BCUT2D eigenvalue weighted by atomic mass is 10.1. The minimum Gasteiger partial charge on any atom is -0.399 e. The van der Waals surface area contributed by atoms with Gasteiger partial charge in [0.1, 0.15) is 0 Å². The van der Waals surface area contributed by atoms with Crippen LogP contribution in [0.15, 0.2) is 30.3 Å². The maximum absolute atomic E-state index is 13.1. The van der Waals surface area contributed by atoms with E-state index >= 15 is 0 Å². The lowest BCUT2D eigenvalue weighted by molar-refractivity contribution is 0.102. The van der Waals surface area contributed by atoms with Crippen LogP contribution in [0.5, 0.6) is 0 Å². The lowest BCUT2D eigenvalue weighted by Gasteiger charge is -2.09. The lowest BCUT2D eigenvalue weighted by Crippen LogP contribution is -2.14. The van der Waals surface area contributed by atoms with Crippen LogP contribution in [0.4, 0.5) is 24.5 Å². The third kappa shape index (κ3) is 2.74. The molecule has 0 aliphatic heterocycles. The van der Waals surface area contributed by atoms with Gasteiger partial charge in [0.25, 0.3) is 5.91 Å². The highest BCUT2D eigenvalue weighted by molar-refractivity contribution is 6.04. The average Bonchev–Trinajstić information content (AvgIpc) is 2.39. The van der Waals surface area contributed by atoms with Gasteiger partial charge in [-0.25, -0.2) is 13.2 Å². The highest BCUT2D eigenvalue weighted by Crippen LogP contribution is 2.20. The molecule has 0 aromatic heterocycles. The van der Waals surface area contributed by atoms with Gasteiger partial charge in [-0.1, -0.05) is 6.07 Å². The van der Waals surface area contributed by atoms with E-state index in [4.69, 9.17) is 5.73 Å². The number of nitrogens with two attached hydrogens (primary N) is 1. The molecule has 0 radical (unpaired) electrons. The number of aryl methyl sites for hydroxylation is 1. The third-order valence-corrected chi connectivity index (χ3v) is 2.76. The van der Waals surface area contributed by atoms with Gasteiger partial charge < -0.3 is 11.1 Å². The summed E-state index contributed by atoms with van der Waals surface area (Å²) in [6, 6.07) is 6.13. The molecule has 0 heterocycles. The van der Waals surface area contributed by atoms with E-state index in [9.17, 15) is 18.0 Å². The molecule has 6 heteroatoms. The minimum atomic E-state index is -1.61. The van der Waals surface area contributed by atoms with Crippen molar-refractivity contribution in [2.24, 2.45) is 0 Å². The van der Waals surface area contributed by atoms with E-state index in [-0.39, 0.29) is 5.56 Å². The molecular weight excluding hydrogens is 269 g/mol. The summed E-state index contributed by atoms with van der Waals surface area (Å²) in [5.41, 5.74) is 6.85. The second kappa shape index (κ2) is 5.24. The molecule has 2 aromatic rings. The van der Waals surface area contributed by atoms with E-state index in [1.807, 2.05) is 0 Å². The van der Waals surface area contributed by atoms with Crippen molar-refractivity contribution in [1.29, 1.82) is 0 Å². The van der Waals surface area contributed by atoms with Crippen LogP contribution in [0.25, 0.3) is 0 Å². The maximum atomic E-state index is 13.1. The van der Waals surface area contributed by atoms with Gasteiger partial charge in [-0.15, -0.1) is 0 Å². The summed E-state index contributed by atoms with van der Waals surface area (Å²) >= 11 is 0.